The normalized spacial score (nSPS) is 9.88. The lowest BCUT2D eigenvalue weighted by molar-refractivity contribution is -0.142. The average Bonchev–Trinajstić information content (AvgIpc) is 2.28. The maximum absolute atomic E-state index is 10.6. The second-order valence-electron chi connectivity index (χ2n) is 3.26. The van der Waals surface area contributed by atoms with Crippen LogP contribution in [0.3, 0.4) is 0 Å². The molecule has 0 saturated carbocycles. The molecule has 0 aliphatic carbocycles. The standard InChI is InChI=1S/C11H15N2O3/c1-8-2-3-9(6-10(8)13)15-4-5-16-11(14)7-12/h2-3,6,12H,4-5,7,13H2,1H3. The Balaban J connectivity index is 2.32. The number of nitrogens with one attached hydrogen (secondary N) is 1. The number of aryl methyl sites for hydroxylation is 1. The molecular formula is C11H15N2O3. The number of hydrogen-bond donors (Lipinski definition) is 1. The Labute approximate surface area is 94.3 Å². The highest BCUT2D eigenvalue weighted by Crippen LogP contribution is 2.18. The van der Waals surface area contributed by atoms with Gasteiger partial charge in [-0.1, -0.05) is 6.07 Å². The van der Waals surface area contributed by atoms with E-state index in [1.165, 1.54) is 0 Å². The summed E-state index contributed by atoms with van der Waals surface area (Å²) in [5.74, 6) is 0.0945. The van der Waals surface area contributed by atoms with Crippen molar-refractivity contribution >= 4 is 11.7 Å². The number of rotatable bonds is 5. The molecule has 0 amide bonds. The maximum Gasteiger partial charge on any atom is 0.321 e. The van der Waals surface area contributed by atoms with Crippen molar-refractivity contribution < 1.29 is 14.3 Å². The molecule has 0 heterocycles. The minimum atomic E-state index is -0.549. The van der Waals surface area contributed by atoms with Gasteiger partial charge >= 0.3 is 5.97 Å². The van der Waals surface area contributed by atoms with Crippen molar-refractivity contribution in [3.8, 4) is 5.75 Å². The third-order valence-corrected chi connectivity index (χ3v) is 2.01. The number of esters is 1. The largest absolute Gasteiger partial charge is 0.490 e. The number of carbonyl (C=O) groups is 1. The number of carbonyl (C=O) groups excluding carboxylic acids is 1. The summed E-state index contributed by atoms with van der Waals surface area (Å²) in [4.78, 5) is 10.6. The molecule has 1 rings (SSSR count). The van der Waals surface area contributed by atoms with Crippen LogP contribution in [0.2, 0.25) is 0 Å². The summed E-state index contributed by atoms with van der Waals surface area (Å²) in [5, 5.41) is 0. The lowest BCUT2D eigenvalue weighted by Crippen LogP contribution is -2.15. The minimum absolute atomic E-state index is 0.144. The van der Waals surface area contributed by atoms with Gasteiger partial charge in [0.25, 0.3) is 0 Å². The molecule has 0 atom stereocenters. The molecule has 5 heteroatoms. The SMILES string of the molecule is Cc1ccc(OCCOC(=O)C[NH])cc1N. The molecule has 3 N–H and O–H groups in total. The molecule has 0 unspecified atom stereocenters. The molecule has 87 valence electrons. The zero-order valence-corrected chi connectivity index (χ0v) is 9.16. The highest BCUT2D eigenvalue weighted by molar-refractivity contribution is 5.71. The number of ether oxygens (including phenoxy) is 2. The van der Waals surface area contributed by atoms with Gasteiger partial charge in [-0.2, -0.15) is 0 Å². The Morgan fingerprint density at radius 1 is 1.44 bits per heavy atom. The van der Waals surface area contributed by atoms with E-state index in [2.05, 4.69) is 4.74 Å². The first-order valence-electron chi connectivity index (χ1n) is 4.92. The van der Waals surface area contributed by atoms with E-state index in [-0.39, 0.29) is 19.8 Å². The Bertz CT molecular complexity index is 366. The highest BCUT2D eigenvalue weighted by atomic mass is 16.6. The Kier molecular flexibility index (Phi) is 4.60. The van der Waals surface area contributed by atoms with E-state index in [0.717, 1.165) is 5.56 Å². The van der Waals surface area contributed by atoms with E-state index >= 15 is 0 Å². The molecule has 0 bridgehead atoms. The molecule has 0 spiro atoms. The van der Waals surface area contributed by atoms with Crippen LogP contribution < -0.4 is 16.2 Å². The van der Waals surface area contributed by atoms with Crippen LogP contribution >= 0.6 is 0 Å². The first-order chi connectivity index (χ1) is 7.63. The van der Waals surface area contributed by atoms with E-state index in [1.54, 1.807) is 12.1 Å². The first kappa shape index (κ1) is 12.3. The van der Waals surface area contributed by atoms with Gasteiger partial charge in [0, 0.05) is 11.8 Å². The number of benzene rings is 1. The van der Waals surface area contributed by atoms with Crippen LogP contribution in [0.25, 0.3) is 0 Å². The third-order valence-electron chi connectivity index (χ3n) is 2.01. The summed E-state index contributed by atoms with van der Waals surface area (Å²) in [7, 11) is 0. The predicted molar refractivity (Wildman–Crippen MR) is 60.0 cm³/mol. The molecule has 1 aromatic rings. The van der Waals surface area contributed by atoms with Gasteiger partial charge in [0.15, 0.2) is 0 Å². The molecule has 0 aromatic heterocycles. The van der Waals surface area contributed by atoms with Crippen LogP contribution in [-0.2, 0) is 9.53 Å². The van der Waals surface area contributed by atoms with E-state index in [9.17, 15) is 4.79 Å². The second kappa shape index (κ2) is 5.97. The summed E-state index contributed by atoms with van der Waals surface area (Å²) < 4.78 is 10.0. The van der Waals surface area contributed by atoms with Gasteiger partial charge in [0.2, 0.25) is 0 Å². The fraction of sp³-hybridized carbons (Fsp3) is 0.364. The average molecular weight is 223 g/mol. The summed E-state index contributed by atoms with van der Waals surface area (Å²) in [5.41, 5.74) is 14.1. The van der Waals surface area contributed by atoms with Gasteiger partial charge in [0.05, 0.1) is 0 Å². The van der Waals surface area contributed by atoms with E-state index in [4.69, 9.17) is 16.2 Å². The summed E-state index contributed by atoms with van der Waals surface area (Å²) in [6, 6.07) is 5.39. The van der Waals surface area contributed by atoms with E-state index in [0.29, 0.717) is 11.4 Å². The summed E-state index contributed by atoms with van der Waals surface area (Å²) in [6.45, 7) is 1.95. The van der Waals surface area contributed by atoms with Gasteiger partial charge < -0.3 is 15.2 Å². The van der Waals surface area contributed by atoms with Crippen LogP contribution in [-0.4, -0.2) is 25.7 Å². The number of hydrogen-bond acceptors (Lipinski definition) is 4. The molecular weight excluding hydrogens is 208 g/mol. The molecule has 0 aliphatic heterocycles. The van der Waals surface area contributed by atoms with Crippen LogP contribution in [0.1, 0.15) is 5.56 Å². The van der Waals surface area contributed by atoms with Crippen molar-refractivity contribution in [1.29, 1.82) is 0 Å². The molecule has 0 saturated heterocycles. The minimum Gasteiger partial charge on any atom is -0.490 e. The van der Waals surface area contributed by atoms with Crippen molar-refractivity contribution in [3.05, 3.63) is 23.8 Å². The van der Waals surface area contributed by atoms with E-state index < -0.39 is 5.97 Å². The van der Waals surface area contributed by atoms with Crippen molar-refractivity contribution in [2.75, 3.05) is 25.5 Å². The summed E-state index contributed by atoms with van der Waals surface area (Å²) in [6.07, 6.45) is 0. The highest BCUT2D eigenvalue weighted by Gasteiger charge is 2.00. The number of nitrogens with two attached hydrogens (primary N) is 1. The van der Waals surface area contributed by atoms with Crippen LogP contribution in [0.4, 0.5) is 5.69 Å². The van der Waals surface area contributed by atoms with Gasteiger partial charge in [-0.25, -0.2) is 5.73 Å². The predicted octanol–water partition coefficient (Wildman–Crippen LogP) is 0.782. The molecule has 0 aliphatic rings. The molecule has 0 fully saturated rings. The van der Waals surface area contributed by atoms with E-state index in [1.807, 2.05) is 13.0 Å². The van der Waals surface area contributed by atoms with Crippen LogP contribution in [0.5, 0.6) is 5.75 Å². The van der Waals surface area contributed by atoms with Crippen LogP contribution in [0.15, 0.2) is 18.2 Å². The quantitative estimate of drug-likeness (QED) is 0.454. The van der Waals surface area contributed by atoms with Gasteiger partial charge in [-0.15, -0.1) is 0 Å². The fourth-order valence-electron chi connectivity index (χ4n) is 1.07. The Hall–Kier alpha value is -1.75. The Morgan fingerprint density at radius 2 is 2.19 bits per heavy atom. The Morgan fingerprint density at radius 3 is 2.81 bits per heavy atom. The molecule has 1 radical (unpaired) electrons. The second-order valence-corrected chi connectivity index (χ2v) is 3.26. The number of anilines is 1. The lowest BCUT2D eigenvalue weighted by atomic mass is 10.2. The van der Waals surface area contributed by atoms with Crippen molar-refractivity contribution in [1.82, 2.24) is 5.73 Å². The van der Waals surface area contributed by atoms with Gasteiger partial charge in [-0.3, -0.25) is 4.79 Å². The first-order valence-corrected chi connectivity index (χ1v) is 4.92. The third kappa shape index (κ3) is 3.78. The van der Waals surface area contributed by atoms with Crippen molar-refractivity contribution in [2.45, 2.75) is 6.92 Å². The topological polar surface area (TPSA) is 85.3 Å². The fourth-order valence-corrected chi connectivity index (χ4v) is 1.07. The van der Waals surface area contributed by atoms with Gasteiger partial charge in [-0.05, 0) is 18.6 Å². The van der Waals surface area contributed by atoms with Gasteiger partial charge in [0.1, 0.15) is 25.5 Å². The molecule has 5 nitrogen and oxygen atoms in total. The monoisotopic (exact) mass is 223 g/mol. The van der Waals surface area contributed by atoms with Crippen molar-refractivity contribution in [3.63, 3.8) is 0 Å². The summed E-state index contributed by atoms with van der Waals surface area (Å²) >= 11 is 0. The molecule has 16 heavy (non-hydrogen) atoms. The smallest absolute Gasteiger partial charge is 0.321 e. The van der Waals surface area contributed by atoms with Crippen molar-refractivity contribution in [2.24, 2.45) is 0 Å². The molecule has 1 aromatic carbocycles. The number of nitrogen functional groups attached to an aromatic ring is 1. The van der Waals surface area contributed by atoms with Crippen LogP contribution in [0, 0.1) is 6.92 Å². The lowest BCUT2D eigenvalue weighted by Gasteiger charge is -2.08. The maximum atomic E-state index is 10.6. The zero-order valence-electron chi connectivity index (χ0n) is 9.16. The zero-order chi connectivity index (χ0) is 12.0.